The molecule has 4 aromatic heterocycles. The molecule has 24 heteroatoms. The Hall–Kier alpha value is -3.24. The van der Waals surface area contributed by atoms with Crippen LogP contribution < -0.4 is 11.5 Å². The van der Waals surface area contributed by atoms with Crippen LogP contribution in [0.25, 0.3) is 22.3 Å². The smallest absolute Gasteiger partial charge is 0.394 e. The number of rotatable bonds is 29. The normalized spacial score (nSPS) is 23.7. The van der Waals surface area contributed by atoms with E-state index in [2.05, 4.69) is 29.9 Å². The highest BCUT2D eigenvalue weighted by atomic mass is 31.2. The van der Waals surface area contributed by atoms with Crippen molar-refractivity contribution in [3.8, 4) is 0 Å². The highest BCUT2D eigenvalue weighted by Crippen LogP contribution is 2.50. The lowest BCUT2D eigenvalue weighted by Crippen LogP contribution is -2.27. The molecule has 2 aliphatic rings. The summed E-state index contributed by atoms with van der Waals surface area (Å²) < 4.78 is 61.7. The van der Waals surface area contributed by atoms with Crippen molar-refractivity contribution in [3.63, 3.8) is 0 Å². The van der Waals surface area contributed by atoms with Crippen molar-refractivity contribution in [3.05, 3.63) is 25.3 Å². The molecule has 2 unspecified atom stereocenters. The molecule has 2 saturated heterocycles. The summed E-state index contributed by atoms with van der Waals surface area (Å²) in [5.74, 6) is 0.449. The first kappa shape index (κ1) is 48.2. The Bertz CT molecular complexity index is 1940. The molecule has 22 nitrogen and oxygen atoms in total. The third kappa shape index (κ3) is 13.6. The van der Waals surface area contributed by atoms with E-state index in [1.165, 1.54) is 63.8 Å². The SMILES string of the molecule is Nc1ncnc2c1ncn2[C@H]1C[C@H](OP(=O)(O)OCCCCCCCCCCCCCCCCCCOP(=O)(O)O[C@H]2C[C@H](n3cnc4c(N)ncnc43)O[C@@H]2CO)[C@@H](CO)O1. The summed E-state index contributed by atoms with van der Waals surface area (Å²) in [6.07, 6.45) is 18.3. The molecule has 0 aromatic carbocycles. The molecule has 8 atom stereocenters. The molecule has 0 spiro atoms. The standard InChI is InChI=1S/C38H62N10O12P2/c39-35-33-37(43-23-41-35)47(25-45-33)31-19-27(29(21-49)57-31)59-61(51,52)55-17-15-13-11-9-7-5-3-1-2-4-6-8-10-12-14-16-18-56-62(53,54)60-28-20-32(58-30(28)22-50)48-26-46-34-36(40)42-24-44-38(34)48/h23-32,49-50H,1-22H2,(H,51,52)(H,53,54)(H2,39,41,43)(H2,40,42,44)/t27-,28-,29+,30+,31+,32+/m0/s1. The molecule has 6 rings (SSSR count). The average molecular weight is 913 g/mol. The van der Waals surface area contributed by atoms with Gasteiger partial charge in [0.15, 0.2) is 22.9 Å². The highest BCUT2D eigenvalue weighted by Gasteiger charge is 2.43. The monoisotopic (exact) mass is 912 g/mol. The van der Waals surface area contributed by atoms with Gasteiger partial charge in [-0.15, -0.1) is 0 Å². The van der Waals surface area contributed by atoms with Gasteiger partial charge in [-0.3, -0.25) is 27.2 Å². The Morgan fingerprint density at radius 1 is 0.565 bits per heavy atom. The van der Waals surface area contributed by atoms with Gasteiger partial charge in [-0.25, -0.2) is 39.0 Å². The molecule has 0 radical (unpaired) electrons. The molecule has 346 valence electrons. The van der Waals surface area contributed by atoms with Gasteiger partial charge in [0, 0.05) is 12.8 Å². The molecule has 0 amide bonds. The van der Waals surface area contributed by atoms with Gasteiger partial charge >= 0.3 is 15.6 Å². The van der Waals surface area contributed by atoms with Crippen molar-refractivity contribution >= 4 is 49.6 Å². The number of hydrogen-bond acceptors (Lipinski definition) is 18. The van der Waals surface area contributed by atoms with E-state index in [9.17, 15) is 29.1 Å². The van der Waals surface area contributed by atoms with Crippen LogP contribution in [0, 0.1) is 0 Å². The van der Waals surface area contributed by atoms with Gasteiger partial charge in [-0.2, -0.15) is 0 Å². The van der Waals surface area contributed by atoms with E-state index < -0.39 is 65.7 Å². The lowest BCUT2D eigenvalue weighted by Gasteiger charge is -2.19. The first-order valence-corrected chi connectivity index (χ1v) is 24.7. The number of hydrogen-bond donors (Lipinski definition) is 6. The molecule has 0 saturated carbocycles. The lowest BCUT2D eigenvalue weighted by atomic mass is 10.0. The summed E-state index contributed by atoms with van der Waals surface area (Å²) in [6.45, 7) is -0.611. The molecular formula is C38H62N10O12P2. The number of fused-ring (bicyclic) bond motifs is 2. The van der Waals surface area contributed by atoms with Crippen molar-refractivity contribution < 1.29 is 56.7 Å². The number of nitrogen functional groups attached to an aromatic ring is 2. The third-order valence-electron chi connectivity index (χ3n) is 11.2. The zero-order valence-corrected chi connectivity index (χ0v) is 36.8. The Morgan fingerprint density at radius 2 is 0.903 bits per heavy atom. The number of nitrogens with zero attached hydrogens (tertiary/aromatic N) is 8. The van der Waals surface area contributed by atoms with Crippen LogP contribution in [0.3, 0.4) is 0 Å². The van der Waals surface area contributed by atoms with Gasteiger partial charge in [-0.1, -0.05) is 89.9 Å². The second-order valence-electron chi connectivity index (χ2n) is 15.8. The largest absolute Gasteiger partial charge is 0.472 e. The Morgan fingerprint density at radius 3 is 1.24 bits per heavy atom. The van der Waals surface area contributed by atoms with Crippen molar-refractivity contribution in [2.75, 3.05) is 37.9 Å². The summed E-state index contributed by atoms with van der Waals surface area (Å²) in [5.41, 5.74) is 13.5. The van der Waals surface area contributed by atoms with Gasteiger partial charge < -0.3 is 40.9 Å². The van der Waals surface area contributed by atoms with Crippen LogP contribution in [0.1, 0.15) is 128 Å². The number of phosphoric acid groups is 2. The fourth-order valence-corrected chi connectivity index (χ4v) is 9.87. The molecule has 2 fully saturated rings. The second-order valence-corrected chi connectivity index (χ2v) is 18.6. The molecule has 0 aliphatic carbocycles. The highest BCUT2D eigenvalue weighted by molar-refractivity contribution is 7.47. The number of aromatic nitrogens is 8. The topological polar surface area (TPSA) is 310 Å². The molecule has 4 aromatic rings. The third-order valence-corrected chi connectivity index (χ3v) is 13.3. The number of phosphoric ester groups is 2. The molecular weight excluding hydrogens is 850 g/mol. The zero-order valence-electron chi connectivity index (χ0n) is 35.0. The molecule has 8 N–H and O–H groups in total. The van der Waals surface area contributed by atoms with Crippen molar-refractivity contribution in [1.29, 1.82) is 0 Å². The van der Waals surface area contributed by atoms with E-state index in [0.29, 0.717) is 35.2 Å². The van der Waals surface area contributed by atoms with Crippen LogP contribution >= 0.6 is 15.6 Å². The minimum atomic E-state index is -4.37. The minimum absolute atomic E-state index is 0.0973. The van der Waals surface area contributed by atoms with E-state index in [0.717, 1.165) is 51.4 Å². The maximum absolute atomic E-state index is 12.7. The van der Waals surface area contributed by atoms with Crippen molar-refractivity contribution in [2.24, 2.45) is 0 Å². The zero-order chi connectivity index (χ0) is 44.0. The molecule has 62 heavy (non-hydrogen) atoms. The number of ether oxygens (including phenoxy) is 2. The van der Waals surface area contributed by atoms with E-state index in [4.69, 9.17) is 39.0 Å². The summed E-state index contributed by atoms with van der Waals surface area (Å²) in [6, 6.07) is 0. The maximum Gasteiger partial charge on any atom is 0.472 e. The van der Waals surface area contributed by atoms with E-state index in [-0.39, 0.29) is 37.7 Å². The van der Waals surface area contributed by atoms with Crippen LogP contribution in [0.4, 0.5) is 11.6 Å². The number of aliphatic hydroxyl groups is 2. The van der Waals surface area contributed by atoms with Crippen molar-refractivity contribution in [2.45, 2.75) is 152 Å². The van der Waals surface area contributed by atoms with Gasteiger partial charge in [0.1, 0.15) is 60.6 Å². The van der Waals surface area contributed by atoms with E-state index in [1.807, 2.05) is 0 Å². The number of anilines is 2. The van der Waals surface area contributed by atoms with Gasteiger partial charge in [0.05, 0.1) is 39.1 Å². The predicted molar refractivity (Wildman–Crippen MR) is 226 cm³/mol. The fourth-order valence-electron chi connectivity index (χ4n) is 7.90. The summed E-state index contributed by atoms with van der Waals surface area (Å²) in [4.78, 5) is 45.4. The van der Waals surface area contributed by atoms with Crippen LogP contribution in [0.5, 0.6) is 0 Å². The lowest BCUT2D eigenvalue weighted by molar-refractivity contribution is -0.0438. The summed E-state index contributed by atoms with van der Waals surface area (Å²) in [7, 11) is -8.74. The van der Waals surface area contributed by atoms with Gasteiger partial charge in [-0.05, 0) is 12.8 Å². The second kappa shape index (κ2) is 23.6. The van der Waals surface area contributed by atoms with E-state index in [1.54, 1.807) is 9.13 Å². The number of imidazole rings is 2. The molecule has 6 heterocycles. The van der Waals surface area contributed by atoms with Crippen LogP contribution in [0.2, 0.25) is 0 Å². The van der Waals surface area contributed by atoms with E-state index >= 15 is 0 Å². The Labute approximate surface area is 360 Å². The predicted octanol–water partition coefficient (Wildman–Crippen LogP) is 5.64. The fraction of sp³-hybridized carbons (Fsp3) is 0.737. The molecule has 0 bridgehead atoms. The number of aliphatic hydroxyl groups excluding tert-OH is 2. The van der Waals surface area contributed by atoms with Crippen molar-refractivity contribution in [1.82, 2.24) is 39.0 Å². The first-order valence-electron chi connectivity index (χ1n) is 21.7. The van der Waals surface area contributed by atoms with Gasteiger partial charge in [0.25, 0.3) is 0 Å². The Kier molecular flexibility index (Phi) is 18.4. The first-order chi connectivity index (χ1) is 30.0. The quantitative estimate of drug-likeness (QED) is 0.0284. The maximum atomic E-state index is 12.7. The number of nitrogens with two attached hydrogens (primary N) is 2. The minimum Gasteiger partial charge on any atom is -0.394 e. The Balaban J connectivity index is 0.709. The molecule has 2 aliphatic heterocycles. The van der Waals surface area contributed by atoms with Crippen LogP contribution in [0.15, 0.2) is 25.3 Å². The van der Waals surface area contributed by atoms with Crippen LogP contribution in [-0.4, -0.2) is 110 Å². The van der Waals surface area contributed by atoms with Crippen LogP contribution in [-0.2, 0) is 36.7 Å². The summed E-state index contributed by atoms with van der Waals surface area (Å²) in [5, 5.41) is 19.6. The van der Waals surface area contributed by atoms with Gasteiger partial charge in [0.2, 0.25) is 0 Å². The number of unbranched alkanes of at least 4 members (excludes halogenated alkanes) is 15. The summed E-state index contributed by atoms with van der Waals surface area (Å²) >= 11 is 0. The average Bonchev–Trinajstić information content (AvgIpc) is 4.05.